The maximum absolute atomic E-state index is 11.5. The van der Waals surface area contributed by atoms with Crippen LogP contribution in [0.5, 0.6) is 0 Å². The van der Waals surface area contributed by atoms with Gasteiger partial charge in [0.2, 0.25) is 0 Å². The molecule has 0 heterocycles. The lowest BCUT2D eigenvalue weighted by Gasteiger charge is -2.24. The summed E-state index contributed by atoms with van der Waals surface area (Å²) in [6, 6.07) is -0.286. The molecule has 0 spiro atoms. The van der Waals surface area contributed by atoms with E-state index in [1.165, 1.54) is 0 Å². The van der Waals surface area contributed by atoms with Crippen LogP contribution in [0.25, 0.3) is 0 Å². The number of rotatable bonds is 2. The number of carbonyl (C=O) groups excluding carboxylic acids is 1. The molecular formula is C12H19NO4. The fraction of sp³-hybridized carbons (Fsp3) is 0.667. The highest BCUT2D eigenvalue weighted by atomic mass is 16.6. The van der Waals surface area contributed by atoms with Crippen molar-refractivity contribution in [2.75, 3.05) is 0 Å². The topological polar surface area (TPSA) is 75.6 Å². The van der Waals surface area contributed by atoms with E-state index in [4.69, 9.17) is 9.84 Å². The zero-order valence-corrected chi connectivity index (χ0v) is 10.6. The lowest BCUT2D eigenvalue weighted by molar-refractivity contribution is -0.141. The van der Waals surface area contributed by atoms with Crippen LogP contribution in [0.1, 0.15) is 27.7 Å². The molecule has 0 aromatic heterocycles. The van der Waals surface area contributed by atoms with E-state index in [-0.39, 0.29) is 12.0 Å². The van der Waals surface area contributed by atoms with Gasteiger partial charge in [0.05, 0.1) is 12.0 Å². The number of nitrogens with one attached hydrogen (secondary N) is 1. The van der Waals surface area contributed by atoms with Crippen LogP contribution >= 0.6 is 0 Å². The van der Waals surface area contributed by atoms with Gasteiger partial charge in [-0.15, -0.1) is 0 Å². The van der Waals surface area contributed by atoms with Crippen molar-refractivity contribution in [3.8, 4) is 0 Å². The normalized spacial score (nSPS) is 27.9. The summed E-state index contributed by atoms with van der Waals surface area (Å²) in [6.45, 7) is 7.13. The zero-order chi connectivity index (χ0) is 13.2. The molecule has 0 radical (unpaired) electrons. The Bertz CT molecular complexity index is 343. The summed E-state index contributed by atoms with van der Waals surface area (Å²) < 4.78 is 5.11. The predicted octanol–water partition coefficient (Wildman–Crippen LogP) is 1.79. The largest absolute Gasteiger partial charge is 0.481 e. The zero-order valence-electron chi connectivity index (χ0n) is 10.6. The first kappa shape index (κ1) is 13.5. The Morgan fingerprint density at radius 2 is 1.88 bits per heavy atom. The third-order valence-corrected chi connectivity index (χ3v) is 2.63. The van der Waals surface area contributed by atoms with Crippen molar-refractivity contribution in [3.05, 3.63) is 12.2 Å². The number of carboxylic acids is 1. The molecule has 1 rings (SSSR count). The van der Waals surface area contributed by atoms with E-state index in [2.05, 4.69) is 5.32 Å². The van der Waals surface area contributed by atoms with Gasteiger partial charge >= 0.3 is 12.1 Å². The molecule has 1 amide bonds. The first-order valence-corrected chi connectivity index (χ1v) is 5.61. The van der Waals surface area contributed by atoms with Gasteiger partial charge in [-0.05, 0) is 26.7 Å². The quantitative estimate of drug-likeness (QED) is 0.723. The Labute approximate surface area is 101 Å². The van der Waals surface area contributed by atoms with Crippen LogP contribution in [0.15, 0.2) is 12.2 Å². The smallest absolute Gasteiger partial charge is 0.408 e. The molecule has 0 fully saturated rings. The van der Waals surface area contributed by atoms with E-state index in [0.717, 1.165) is 0 Å². The third kappa shape index (κ3) is 3.76. The van der Waals surface area contributed by atoms with Crippen molar-refractivity contribution in [2.45, 2.75) is 39.3 Å². The highest BCUT2D eigenvalue weighted by Crippen LogP contribution is 2.25. The maximum Gasteiger partial charge on any atom is 0.408 e. The van der Waals surface area contributed by atoms with Crippen molar-refractivity contribution in [3.63, 3.8) is 0 Å². The molecule has 2 N–H and O–H groups in total. The highest BCUT2D eigenvalue weighted by molar-refractivity contribution is 5.74. The standard InChI is InChI=1S/C12H19NO4/c1-7-8(10(14)15)5-6-9(7)13-11(16)17-12(2,3)4/h5-9H,1-4H3,(H,13,16)(H,14,15). The van der Waals surface area contributed by atoms with Crippen molar-refractivity contribution in [2.24, 2.45) is 11.8 Å². The summed E-state index contributed by atoms with van der Waals surface area (Å²) in [5.74, 6) is -1.59. The van der Waals surface area contributed by atoms with E-state index in [1.54, 1.807) is 39.8 Å². The van der Waals surface area contributed by atoms with Gasteiger partial charge in [-0.2, -0.15) is 0 Å². The Balaban J connectivity index is 2.52. The molecule has 17 heavy (non-hydrogen) atoms. The molecule has 0 bridgehead atoms. The van der Waals surface area contributed by atoms with E-state index in [1.807, 2.05) is 0 Å². The monoisotopic (exact) mass is 241 g/mol. The lowest BCUT2D eigenvalue weighted by Crippen LogP contribution is -2.41. The van der Waals surface area contributed by atoms with E-state index < -0.39 is 23.6 Å². The molecule has 3 atom stereocenters. The van der Waals surface area contributed by atoms with Gasteiger partial charge in [0.25, 0.3) is 0 Å². The van der Waals surface area contributed by atoms with Crippen LogP contribution in [-0.4, -0.2) is 28.8 Å². The number of hydrogen-bond acceptors (Lipinski definition) is 3. The van der Waals surface area contributed by atoms with E-state index in [0.29, 0.717) is 0 Å². The van der Waals surface area contributed by atoms with Gasteiger partial charge in [0, 0.05) is 0 Å². The predicted molar refractivity (Wildman–Crippen MR) is 62.6 cm³/mol. The van der Waals surface area contributed by atoms with Gasteiger partial charge in [-0.3, -0.25) is 4.79 Å². The highest BCUT2D eigenvalue weighted by Gasteiger charge is 2.34. The van der Waals surface area contributed by atoms with Gasteiger partial charge in [0.1, 0.15) is 5.60 Å². The lowest BCUT2D eigenvalue weighted by atomic mass is 9.95. The minimum absolute atomic E-state index is 0.167. The van der Waals surface area contributed by atoms with Crippen LogP contribution < -0.4 is 5.32 Å². The molecule has 0 saturated heterocycles. The second kappa shape index (κ2) is 4.77. The summed E-state index contributed by atoms with van der Waals surface area (Å²) >= 11 is 0. The van der Waals surface area contributed by atoms with Crippen molar-refractivity contribution in [1.29, 1.82) is 0 Å². The SMILES string of the molecule is CC1C(NC(=O)OC(C)(C)C)C=CC1C(=O)O. The van der Waals surface area contributed by atoms with E-state index >= 15 is 0 Å². The molecule has 5 heteroatoms. The van der Waals surface area contributed by atoms with Crippen molar-refractivity contribution < 1.29 is 19.4 Å². The molecule has 0 aromatic carbocycles. The third-order valence-electron chi connectivity index (χ3n) is 2.63. The van der Waals surface area contributed by atoms with Crippen LogP contribution in [0.4, 0.5) is 4.79 Å². The Morgan fingerprint density at radius 1 is 1.29 bits per heavy atom. The van der Waals surface area contributed by atoms with Gasteiger partial charge in [-0.1, -0.05) is 19.1 Å². The molecule has 1 aliphatic rings. The minimum atomic E-state index is -0.873. The summed E-state index contributed by atoms with van der Waals surface area (Å²) in [7, 11) is 0. The van der Waals surface area contributed by atoms with Gasteiger partial charge in [-0.25, -0.2) is 4.79 Å². The summed E-state index contributed by atoms with van der Waals surface area (Å²) in [5.41, 5.74) is -0.554. The van der Waals surface area contributed by atoms with Gasteiger partial charge < -0.3 is 15.2 Å². The Hall–Kier alpha value is -1.52. The van der Waals surface area contributed by atoms with Gasteiger partial charge in [0.15, 0.2) is 0 Å². The van der Waals surface area contributed by atoms with Crippen LogP contribution in [0.3, 0.4) is 0 Å². The molecule has 3 unspecified atom stereocenters. The molecule has 0 aromatic rings. The number of ether oxygens (including phenoxy) is 1. The fourth-order valence-electron chi connectivity index (χ4n) is 1.74. The van der Waals surface area contributed by atoms with E-state index in [9.17, 15) is 9.59 Å². The summed E-state index contributed by atoms with van der Waals surface area (Å²) in [4.78, 5) is 22.4. The molecule has 96 valence electrons. The number of carboxylic acid groups (broad SMARTS) is 1. The number of amides is 1. The van der Waals surface area contributed by atoms with Crippen LogP contribution in [-0.2, 0) is 9.53 Å². The molecule has 0 saturated carbocycles. The van der Waals surface area contributed by atoms with Crippen molar-refractivity contribution in [1.82, 2.24) is 5.32 Å². The average Bonchev–Trinajstić information content (AvgIpc) is 2.44. The second-order valence-electron chi connectivity index (χ2n) is 5.28. The molecule has 0 aliphatic heterocycles. The Kier molecular flexibility index (Phi) is 3.80. The second-order valence-corrected chi connectivity index (χ2v) is 5.28. The summed E-state index contributed by atoms with van der Waals surface area (Å²) in [6.07, 6.45) is 2.78. The first-order chi connectivity index (χ1) is 7.70. The minimum Gasteiger partial charge on any atom is -0.481 e. The molecular weight excluding hydrogens is 222 g/mol. The Morgan fingerprint density at radius 3 is 2.29 bits per heavy atom. The van der Waals surface area contributed by atoms with Crippen LogP contribution in [0, 0.1) is 11.8 Å². The number of aliphatic carboxylic acids is 1. The van der Waals surface area contributed by atoms with Crippen LogP contribution in [0.2, 0.25) is 0 Å². The van der Waals surface area contributed by atoms with Crippen molar-refractivity contribution >= 4 is 12.1 Å². The average molecular weight is 241 g/mol. The maximum atomic E-state index is 11.5. The summed E-state index contributed by atoms with van der Waals surface area (Å²) in [5, 5.41) is 11.6. The number of alkyl carbamates (subject to hydrolysis) is 1. The number of carbonyl (C=O) groups is 2. The molecule has 1 aliphatic carbocycles. The molecule has 5 nitrogen and oxygen atoms in total. The number of hydrogen-bond donors (Lipinski definition) is 2. The first-order valence-electron chi connectivity index (χ1n) is 5.61. The fourth-order valence-corrected chi connectivity index (χ4v) is 1.74.